The molecule has 6 nitrogen and oxygen atoms in total. The van der Waals surface area contributed by atoms with Crippen LogP contribution in [0.4, 0.5) is 13.2 Å². The molecule has 0 radical (unpaired) electrons. The fourth-order valence-corrected chi connectivity index (χ4v) is 1.23. The zero-order valence-corrected chi connectivity index (χ0v) is 12.5. The van der Waals surface area contributed by atoms with Crippen molar-refractivity contribution in [1.82, 2.24) is 0 Å². The molecule has 0 saturated heterocycles. The fourth-order valence-electron chi connectivity index (χ4n) is 1.23. The van der Waals surface area contributed by atoms with E-state index in [0.717, 1.165) is 18.8 Å². The molecule has 0 aliphatic heterocycles. The van der Waals surface area contributed by atoms with Crippen LogP contribution < -0.4 is 10.5 Å². The summed E-state index contributed by atoms with van der Waals surface area (Å²) in [7, 11) is 1.69. The second-order valence-electron chi connectivity index (χ2n) is 4.44. The van der Waals surface area contributed by atoms with Crippen molar-refractivity contribution < 1.29 is 37.7 Å². The van der Waals surface area contributed by atoms with Crippen LogP contribution in [0.5, 0.6) is 5.75 Å². The Morgan fingerprint density at radius 3 is 2.22 bits per heavy atom. The Kier molecular flexibility index (Phi) is 9.95. The maximum Gasteiger partial charge on any atom is 0.490 e. The number of rotatable bonds is 7. The minimum atomic E-state index is -5.08. The van der Waals surface area contributed by atoms with E-state index in [4.69, 9.17) is 30.2 Å². The molecule has 0 unspecified atom stereocenters. The van der Waals surface area contributed by atoms with Gasteiger partial charge in [0, 0.05) is 7.11 Å². The maximum atomic E-state index is 10.6. The molecule has 0 amide bonds. The van der Waals surface area contributed by atoms with Crippen molar-refractivity contribution in [3.05, 3.63) is 29.8 Å². The van der Waals surface area contributed by atoms with Gasteiger partial charge in [0.1, 0.15) is 12.4 Å². The molecule has 0 heterocycles. The highest BCUT2D eigenvalue weighted by Gasteiger charge is 2.38. The highest BCUT2D eigenvalue weighted by molar-refractivity contribution is 5.73. The van der Waals surface area contributed by atoms with Crippen LogP contribution in [0.2, 0.25) is 0 Å². The zero-order chi connectivity index (χ0) is 17.9. The number of hydrogen-bond acceptors (Lipinski definition) is 5. The molecule has 0 aliphatic rings. The summed E-state index contributed by atoms with van der Waals surface area (Å²) in [6.45, 7) is 0.982. The molecular formula is C14H20F3NO5. The molecule has 0 aliphatic carbocycles. The Balaban J connectivity index is 0.000000585. The number of aliphatic hydroxyl groups is 1. The van der Waals surface area contributed by atoms with Gasteiger partial charge in [0.15, 0.2) is 0 Å². The second kappa shape index (κ2) is 10.8. The predicted molar refractivity (Wildman–Crippen MR) is 76.3 cm³/mol. The number of carboxylic acid groups (broad SMARTS) is 1. The lowest BCUT2D eigenvalue weighted by Crippen LogP contribution is -2.31. The van der Waals surface area contributed by atoms with Crippen LogP contribution in [0.15, 0.2) is 24.3 Å². The summed E-state index contributed by atoms with van der Waals surface area (Å²) in [4.78, 5) is 8.90. The van der Waals surface area contributed by atoms with E-state index in [9.17, 15) is 13.2 Å². The third kappa shape index (κ3) is 10.5. The molecule has 0 spiro atoms. The topological polar surface area (TPSA) is 102 Å². The van der Waals surface area contributed by atoms with Crippen LogP contribution in [0.1, 0.15) is 5.56 Å². The van der Waals surface area contributed by atoms with Gasteiger partial charge in [-0.25, -0.2) is 4.79 Å². The van der Waals surface area contributed by atoms with E-state index < -0.39 is 12.1 Å². The molecular weight excluding hydrogens is 319 g/mol. The lowest BCUT2D eigenvalue weighted by molar-refractivity contribution is -0.192. The lowest BCUT2D eigenvalue weighted by Gasteiger charge is -2.10. The number of carbonyl (C=O) groups is 1. The van der Waals surface area contributed by atoms with Crippen molar-refractivity contribution in [2.24, 2.45) is 5.73 Å². The SMILES string of the molecule is COCCc1ccc(OC[C@@H](N)CO)cc1.O=C(O)C(F)(F)F. The minimum Gasteiger partial charge on any atom is -0.492 e. The predicted octanol–water partition coefficient (Wildman–Crippen LogP) is 1.21. The van der Waals surface area contributed by atoms with Crippen LogP contribution in [-0.4, -0.2) is 55.3 Å². The van der Waals surface area contributed by atoms with Gasteiger partial charge in [0.2, 0.25) is 0 Å². The summed E-state index contributed by atoms with van der Waals surface area (Å²) >= 11 is 0. The standard InChI is InChI=1S/C12H19NO3.C2HF3O2/c1-15-7-6-10-2-4-12(5-3-10)16-9-11(13)8-14;3-2(4,5)1(6)7/h2-5,11,14H,6-9,13H2,1H3;(H,6,7)/t11-;/m0./s1. The average Bonchev–Trinajstić information content (AvgIpc) is 2.51. The molecule has 132 valence electrons. The van der Waals surface area contributed by atoms with E-state index in [1.165, 1.54) is 5.56 Å². The highest BCUT2D eigenvalue weighted by Crippen LogP contribution is 2.13. The monoisotopic (exact) mass is 339 g/mol. The molecule has 0 bridgehead atoms. The summed E-state index contributed by atoms with van der Waals surface area (Å²) in [6, 6.07) is 7.47. The molecule has 9 heteroatoms. The fraction of sp³-hybridized carbons (Fsp3) is 0.500. The van der Waals surface area contributed by atoms with Gasteiger partial charge < -0.3 is 25.4 Å². The smallest absolute Gasteiger partial charge is 0.490 e. The van der Waals surface area contributed by atoms with Gasteiger partial charge in [-0.15, -0.1) is 0 Å². The van der Waals surface area contributed by atoms with Crippen LogP contribution in [0, 0.1) is 0 Å². The van der Waals surface area contributed by atoms with Crippen LogP contribution in [0.25, 0.3) is 0 Å². The first-order chi connectivity index (χ1) is 10.7. The Hall–Kier alpha value is -1.84. The van der Waals surface area contributed by atoms with Crippen molar-refractivity contribution in [2.75, 3.05) is 26.9 Å². The maximum absolute atomic E-state index is 10.6. The molecule has 1 aromatic carbocycles. The average molecular weight is 339 g/mol. The molecule has 1 atom stereocenters. The first-order valence-electron chi connectivity index (χ1n) is 6.58. The van der Waals surface area contributed by atoms with Crippen LogP contribution >= 0.6 is 0 Å². The Morgan fingerprint density at radius 1 is 1.30 bits per heavy atom. The van der Waals surface area contributed by atoms with E-state index in [1.54, 1.807) is 7.11 Å². The Bertz CT molecular complexity index is 451. The number of benzene rings is 1. The number of halogens is 3. The number of methoxy groups -OCH3 is 1. The molecule has 1 aromatic rings. The van der Waals surface area contributed by atoms with Gasteiger partial charge in [-0.2, -0.15) is 13.2 Å². The normalized spacial score (nSPS) is 12.1. The summed E-state index contributed by atoms with van der Waals surface area (Å²) in [5.41, 5.74) is 6.73. The third-order valence-electron chi connectivity index (χ3n) is 2.46. The van der Waals surface area contributed by atoms with E-state index in [-0.39, 0.29) is 12.6 Å². The number of aliphatic hydroxyl groups excluding tert-OH is 1. The van der Waals surface area contributed by atoms with Crippen molar-refractivity contribution >= 4 is 5.97 Å². The first-order valence-corrected chi connectivity index (χ1v) is 6.58. The number of alkyl halides is 3. The van der Waals surface area contributed by atoms with E-state index in [1.807, 2.05) is 24.3 Å². The Morgan fingerprint density at radius 2 is 1.83 bits per heavy atom. The molecule has 0 aromatic heterocycles. The number of hydrogen-bond donors (Lipinski definition) is 3. The van der Waals surface area contributed by atoms with Crippen molar-refractivity contribution in [2.45, 2.75) is 18.6 Å². The summed E-state index contributed by atoms with van der Waals surface area (Å²) < 4.78 is 42.1. The molecule has 0 fully saturated rings. The number of nitrogens with two attached hydrogens (primary N) is 1. The number of aliphatic carboxylic acids is 1. The second-order valence-corrected chi connectivity index (χ2v) is 4.44. The van der Waals surface area contributed by atoms with Gasteiger partial charge in [-0.3, -0.25) is 0 Å². The summed E-state index contributed by atoms with van der Waals surface area (Å²) in [5, 5.41) is 15.9. The molecule has 4 N–H and O–H groups in total. The third-order valence-corrected chi connectivity index (χ3v) is 2.46. The van der Waals surface area contributed by atoms with Gasteiger partial charge in [-0.1, -0.05) is 12.1 Å². The number of ether oxygens (including phenoxy) is 2. The zero-order valence-electron chi connectivity index (χ0n) is 12.5. The summed E-state index contributed by atoms with van der Waals surface area (Å²) in [6.07, 6.45) is -4.19. The number of carboxylic acids is 1. The first kappa shape index (κ1) is 21.2. The Labute approximate surface area is 131 Å². The van der Waals surface area contributed by atoms with Gasteiger partial charge in [0.05, 0.1) is 19.3 Å². The highest BCUT2D eigenvalue weighted by atomic mass is 19.4. The van der Waals surface area contributed by atoms with Gasteiger partial charge >= 0.3 is 12.1 Å². The van der Waals surface area contributed by atoms with Gasteiger partial charge in [0.25, 0.3) is 0 Å². The van der Waals surface area contributed by atoms with Crippen molar-refractivity contribution in [3.8, 4) is 5.75 Å². The van der Waals surface area contributed by atoms with E-state index in [2.05, 4.69) is 0 Å². The van der Waals surface area contributed by atoms with Crippen molar-refractivity contribution in [1.29, 1.82) is 0 Å². The lowest BCUT2D eigenvalue weighted by atomic mass is 10.1. The van der Waals surface area contributed by atoms with Crippen molar-refractivity contribution in [3.63, 3.8) is 0 Å². The van der Waals surface area contributed by atoms with Crippen LogP contribution in [-0.2, 0) is 16.0 Å². The molecule has 1 rings (SSSR count). The van der Waals surface area contributed by atoms with Gasteiger partial charge in [-0.05, 0) is 24.1 Å². The van der Waals surface area contributed by atoms with Crippen LogP contribution in [0.3, 0.4) is 0 Å². The largest absolute Gasteiger partial charge is 0.492 e. The van der Waals surface area contributed by atoms with E-state index >= 15 is 0 Å². The molecule has 23 heavy (non-hydrogen) atoms. The molecule has 0 saturated carbocycles. The quantitative estimate of drug-likeness (QED) is 0.690. The van der Waals surface area contributed by atoms with E-state index in [0.29, 0.717) is 6.61 Å². The minimum absolute atomic E-state index is 0.0636. The summed E-state index contributed by atoms with van der Waals surface area (Å²) in [5.74, 6) is -1.99.